The van der Waals surface area contributed by atoms with Crippen molar-refractivity contribution < 1.29 is 14.3 Å². The standard InChI is InChI=1S/C24H31N3O3/c1-19(26-24(29)30-18-22-8-4-2-5-9-22)23(28)25-16-20-10-12-21(13-11-20)17-27-14-6-3-7-15-27/h2,4-5,8-13,19H,3,6-7,14-18H2,1H3,(H,25,28)(H,26,29). The lowest BCUT2D eigenvalue weighted by Crippen LogP contribution is -2.44. The van der Waals surface area contributed by atoms with Gasteiger partial charge >= 0.3 is 6.09 Å². The normalized spacial score (nSPS) is 15.2. The molecule has 3 rings (SSSR count). The Morgan fingerprint density at radius 1 is 0.933 bits per heavy atom. The number of hydrogen-bond acceptors (Lipinski definition) is 4. The Kier molecular flexibility index (Phi) is 8.27. The van der Waals surface area contributed by atoms with Gasteiger partial charge in [-0.05, 0) is 49.5 Å². The predicted molar refractivity (Wildman–Crippen MR) is 117 cm³/mol. The average molecular weight is 410 g/mol. The minimum Gasteiger partial charge on any atom is -0.445 e. The van der Waals surface area contributed by atoms with Crippen LogP contribution < -0.4 is 10.6 Å². The number of ether oxygens (including phenoxy) is 1. The van der Waals surface area contributed by atoms with Gasteiger partial charge in [0.2, 0.25) is 5.91 Å². The fraction of sp³-hybridized carbons (Fsp3) is 0.417. The minimum atomic E-state index is -0.674. The van der Waals surface area contributed by atoms with Crippen LogP contribution in [0.5, 0.6) is 0 Å². The third-order valence-corrected chi connectivity index (χ3v) is 5.28. The van der Waals surface area contributed by atoms with Gasteiger partial charge in [-0.25, -0.2) is 4.79 Å². The van der Waals surface area contributed by atoms with Crippen LogP contribution in [0.3, 0.4) is 0 Å². The van der Waals surface area contributed by atoms with Crippen LogP contribution in [0, 0.1) is 0 Å². The Bertz CT molecular complexity index is 802. The highest BCUT2D eigenvalue weighted by Crippen LogP contribution is 2.13. The summed E-state index contributed by atoms with van der Waals surface area (Å²) in [5, 5.41) is 5.42. The molecule has 1 aliphatic heterocycles. The predicted octanol–water partition coefficient (Wildman–Crippen LogP) is 3.60. The number of alkyl carbamates (subject to hydrolysis) is 1. The molecule has 1 saturated heterocycles. The first-order valence-electron chi connectivity index (χ1n) is 10.7. The maximum atomic E-state index is 12.3. The molecule has 2 aromatic rings. The molecular formula is C24H31N3O3. The van der Waals surface area contributed by atoms with Crippen molar-refractivity contribution in [3.05, 3.63) is 71.3 Å². The topological polar surface area (TPSA) is 70.7 Å². The number of nitrogens with one attached hydrogen (secondary N) is 2. The second-order valence-corrected chi connectivity index (χ2v) is 7.80. The van der Waals surface area contributed by atoms with E-state index in [4.69, 9.17) is 4.74 Å². The van der Waals surface area contributed by atoms with E-state index in [1.165, 1.54) is 37.9 Å². The van der Waals surface area contributed by atoms with Crippen molar-refractivity contribution in [1.82, 2.24) is 15.5 Å². The molecule has 30 heavy (non-hydrogen) atoms. The molecule has 160 valence electrons. The van der Waals surface area contributed by atoms with Gasteiger partial charge < -0.3 is 15.4 Å². The molecule has 2 aromatic carbocycles. The lowest BCUT2D eigenvalue weighted by atomic mass is 10.1. The number of hydrogen-bond donors (Lipinski definition) is 2. The highest BCUT2D eigenvalue weighted by molar-refractivity contribution is 5.85. The van der Waals surface area contributed by atoms with Crippen LogP contribution >= 0.6 is 0 Å². The summed E-state index contributed by atoms with van der Waals surface area (Å²) < 4.78 is 5.15. The summed E-state index contributed by atoms with van der Waals surface area (Å²) in [5.74, 6) is -0.246. The van der Waals surface area contributed by atoms with Crippen molar-refractivity contribution in [2.24, 2.45) is 0 Å². The van der Waals surface area contributed by atoms with Crippen LogP contribution in [0.15, 0.2) is 54.6 Å². The molecular weight excluding hydrogens is 378 g/mol. The Balaban J connectivity index is 1.37. The fourth-order valence-corrected chi connectivity index (χ4v) is 3.49. The number of piperidine rings is 1. The number of carbonyl (C=O) groups excluding carboxylic acids is 2. The molecule has 0 spiro atoms. The molecule has 1 unspecified atom stereocenters. The summed E-state index contributed by atoms with van der Waals surface area (Å²) in [6.07, 6.45) is 3.31. The van der Waals surface area contributed by atoms with Crippen LogP contribution in [0.1, 0.15) is 42.9 Å². The number of likely N-dealkylation sites (tertiary alicyclic amines) is 1. The van der Waals surface area contributed by atoms with Gasteiger partial charge in [-0.1, -0.05) is 61.0 Å². The Labute approximate surface area is 178 Å². The number of nitrogens with zero attached hydrogens (tertiary/aromatic N) is 1. The SMILES string of the molecule is CC(NC(=O)OCc1ccccc1)C(=O)NCc1ccc(CN2CCCCC2)cc1. The summed E-state index contributed by atoms with van der Waals surface area (Å²) >= 11 is 0. The summed E-state index contributed by atoms with van der Waals surface area (Å²) in [5.41, 5.74) is 3.22. The van der Waals surface area contributed by atoms with E-state index in [1.54, 1.807) is 6.92 Å². The molecule has 0 aliphatic carbocycles. The van der Waals surface area contributed by atoms with Crippen molar-refractivity contribution >= 4 is 12.0 Å². The third kappa shape index (κ3) is 7.19. The summed E-state index contributed by atoms with van der Waals surface area (Å²) in [6.45, 7) is 5.57. The number of rotatable bonds is 8. The van der Waals surface area contributed by atoms with Gasteiger partial charge in [0.15, 0.2) is 0 Å². The molecule has 0 saturated carbocycles. The molecule has 0 aromatic heterocycles. The van der Waals surface area contributed by atoms with Crippen molar-refractivity contribution in [2.45, 2.75) is 51.9 Å². The second kappa shape index (κ2) is 11.4. The average Bonchev–Trinajstić information content (AvgIpc) is 2.78. The molecule has 1 heterocycles. The molecule has 6 heteroatoms. The van der Waals surface area contributed by atoms with Crippen LogP contribution in [-0.2, 0) is 29.2 Å². The van der Waals surface area contributed by atoms with Gasteiger partial charge in [-0.2, -0.15) is 0 Å². The maximum Gasteiger partial charge on any atom is 0.408 e. The first-order valence-corrected chi connectivity index (χ1v) is 10.7. The molecule has 0 bridgehead atoms. The van der Waals surface area contributed by atoms with E-state index in [1.807, 2.05) is 42.5 Å². The van der Waals surface area contributed by atoms with E-state index < -0.39 is 12.1 Å². The van der Waals surface area contributed by atoms with E-state index in [9.17, 15) is 9.59 Å². The minimum absolute atomic E-state index is 0.171. The summed E-state index contributed by atoms with van der Waals surface area (Å²) in [7, 11) is 0. The van der Waals surface area contributed by atoms with Crippen LogP contribution in [0.4, 0.5) is 4.79 Å². The zero-order chi connectivity index (χ0) is 21.2. The summed E-state index contributed by atoms with van der Waals surface area (Å²) in [4.78, 5) is 26.6. The van der Waals surface area contributed by atoms with Crippen molar-refractivity contribution in [3.8, 4) is 0 Å². The lowest BCUT2D eigenvalue weighted by molar-refractivity contribution is -0.122. The highest BCUT2D eigenvalue weighted by atomic mass is 16.5. The maximum absolute atomic E-state index is 12.3. The molecule has 2 amide bonds. The zero-order valence-electron chi connectivity index (χ0n) is 17.6. The van der Waals surface area contributed by atoms with Gasteiger partial charge in [0, 0.05) is 13.1 Å². The smallest absolute Gasteiger partial charge is 0.408 e. The summed E-state index contributed by atoms with van der Waals surface area (Å²) in [6, 6.07) is 17.1. The largest absolute Gasteiger partial charge is 0.445 e. The first-order chi connectivity index (χ1) is 14.6. The van der Waals surface area contributed by atoms with Gasteiger partial charge in [0.05, 0.1) is 0 Å². The van der Waals surface area contributed by atoms with E-state index in [0.29, 0.717) is 6.54 Å². The highest BCUT2D eigenvalue weighted by Gasteiger charge is 2.16. The Morgan fingerprint density at radius 3 is 2.30 bits per heavy atom. The molecule has 6 nitrogen and oxygen atoms in total. The zero-order valence-corrected chi connectivity index (χ0v) is 17.6. The van der Waals surface area contributed by atoms with Gasteiger partial charge in [-0.3, -0.25) is 9.69 Å². The van der Waals surface area contributed by atoms with Crippen molar-refractivity contribution in [2.75, 3.05) is 13.1 Å². The van der Waals surface area contributed by atoms with Crippen LogP contribution in [0.2, 0.25) is 0 Å². The second-order valence-electron chi connectivity index (χ2n) is 7.80. The van der Waals surface area contributed by atoms with Gasteiger partial charge in [0.1, 0.15) is 12.6 Å². The number of carbonyl (C=O) groups is 2. The third-order valence-electron chi connectivity index (χ3n) is 5.28. The van der Waals surface area contributed by atoms with Crippen molar-refractivity contribution in [1.29, 1.82) is 0 Å². The van der Waals surface area contributed by atoms with E-state index >= 15 is 0 Å². The van der Waals surface area contributed by atoms with Crippen LogP contribution in [-0.4, -0.2) is 36.0 Å². The van der Waals surface area contributed by atoms with E-state index in [2.05, 4.69) is 27.7 Å². The van der Waals surface area contributed by atoms with E-state index in [0.717, 1.165) is 17.7 Å². The first kappa shape index (κ1) is 21.8. The fourth-order valence-electron chi connectivity index (χ4n) is 3.49. The Morgan fingerprint density at radius 2 is 1.60 bits per heavy atom. The van der Waals surface area contributed by atoms with Crippen LogP contribution in [0.25, 0.3) is 0 Å². The monoisotopic (exact) mass is 409 g/mol. The molecule has 2 N–H and O–H groups in total. The Hall–Kier alpha value is -2.86. The molecule has 1 atom stereocenters. The van der Waals surface area contributed by atoms with Gasteiger partial charge in [0.25, 0.3) is 0 Å². The van der Waals surface area contributed by atoms with E-state index in [-0.39, 0.29) is 12.5 Å². The van der Waals surface area contributed by atoms with Gasteiger partial charge in [-0.15, -0.1) is 0 Å². The van der Waals surface area contributed by atoms with Crippen molar-refractivity contribution in [3.63, 3.8) is 0 Å². The number of amides is 2. The molecule has 1 aliphatic rings. The quantitative estimate of drug-likeness (QED) is 0.699. The number of benzene rings is 2. The molecule has 1 fully saturated rings. The molecule has 0 radical (unpaired) electrons. The lowest BCUT2D eigenvalue weighted by Gasteiger charge is -2.26.